The van der Waals surface area contributed by atoms with Gasteiger partial charge in [0.2, 0.25) is 0 Å². The zero-order valence-electron chi connectivity index (χ0n) is 6.67. The second-order valence-corrected chi connectivity index (χ2v) is 2.78. The van der Waals surface area contributed by atoms with Gasteiger partial charge < -0.3 is 15.8 Å². The van der Waals surface area contributed by atoms with Crippen molar-refractivity contribution in [2.45, 2.75) is 0 Å². The summed E-state index contributed by atoms with van der Waals surface area (Å²) in [4.78, 5) is 11.1. The van der Waals surface area contributed by atoms with Crippen LogP contribution in [0.2, 0.25) is 0 Å². The number of nitrogens with one attached hydrogen (secondary N) is 1. The second-order valence-electron chi connectivity index (χ2n) is 2.78. The molecule has 1 heterocycles. The third-order valence-electron chi connectivity index (χ3n) is 2.15. The third kappa shape index (κ3) is 1.70. The van der Waals surface area contributed by atoms with Crippen LogP contribution in [0.4, 0.5) is 0 Å². The maximum Gasteiger partial charge on any atom is 0.310 e. The molecule has 0 bridgehead atoms. The molecule has 1 rings (SSSR count). The van der Waals surface area contributed by atoms with Gasteiger partial charge in [0, 0.05) is 13.1 Å². The molecule has 1 aliphatic heterocycles. The van der Waals surface area contributed by atoms with Crippen molar-refractivity contribution in [3.05, 3.63) is 0 Å². The Balaban J connectivity index is 2.49. The Morgan fingerprint density at radius 1 is 1.73 bits per heavy atom. The first kappa shape index (κ1) is 8.49. The molecule has 4 heteroatoms. The highest BCUT2D eigenvalue weighted by molar-refractivity contribution is 5.73. The quantitative estimate of drug-likeness (QED) is 0.503. The molecule has 3 N–H and O–H groups in total. The summed E-state index contributed by atoms with van der Waals surface area (Å²) in [5.41, 5.74) is 5.47. The Morgan fingerprint density at radius 3 is 3.00 bits per heavy atom. The van der Waals surface area contributed by atoms with E-state index in [0.717, 1.165) is 6.54 Å². The van der Waals surface area contributed by atoms with Crippen molar-refractivity contribution in [2.24, 2.45) is 17.6 Å². The minimum absolute atomic E-state index is 0.0370. The fourth-order valence-corrected chi connectivity index (χ4v) is 1.41. The zero-order chi connectivity index (χ0) is 8.27. The number of rotatable bonds is 2. The van der Waals surface area contributed by atoms with E-state index >= 15 is 0 Å². The number of nitrogens with two attached hydrogens (primary N) is 1. The fourth-order valence-electron chi connectivity index (χ4n) is 1.41. The van der Waals surface area contributed by atoms with Crippen LogP contribution < -0.4 is 11.1 Å². The number of carbonyl (C=O) groups is 1. The fraction of sp³-hybridized carbons (Fsp3) is 0.857. The second kappa shape index (κ2) is 3.69. The van der Waals surface area contributed by atoms with Crippen molar-refractivity contribution in [3.63, 3.8) is 0 Å². The van der Waals surface area contributed by atoms with Gasteiger partial charge in [-0.05, 0) is 12.5 Å². The zero-order valence-corrected chi connectivity index (χ0v) is 6.67. The molecule has 0 aromatic rings. The van der Waals surface area contributed by atoms with E-state index in [2.05, 4.69) is 10.1 Å². The number of methoxy groups -OCH3 is 1. The molecule has 0 aromatic carbocycles. The maximum atomic E-state index is 11.1. The van der Waals surface area contributed by atoms with Crippen LogP contribution in [0, 0.1) is 11.8 Å². The van der Waals surface area contributed by atoms with E-state index in [-0.39, 0.29) is 17.8 Å². The van der Waals surface area contributed by atoms with Crippen LogP contribution >= 0.6 is 0 Å². The predicted octanol–water partition coefficient (Wildman–Crippen LogP) is -1.05. The molecule has 4 nitrogen and oxygen atoms in total. The predicted molar refractivity (Wildman–Crippen MR) is 40.9 cm³/mol. The minimum Gasteiger partial charge on any atom is -0.469 e. The van der Waals surface area contributed by atoms with Crippen molar-refractivity contribution in [2.75, 3.05) is 26.7 Å². The van der Waals surface area contributed by atoms with E-state index in [1.54, 1.807) is 0 Å². The van der Waals surface area contributed by atoms with Crippen LogP contribution in [-0.4, -0.2) is 32.7 Å². The van der Waals surface area contributed by atoms with Crippen molar-refractivity contribution >= 4 is 5.97 Å². The number of hydrogen-bond acceptors (Lipinski definition) is 4. The minimum atomic E-state index is -0.148. The van der Waals surface area contributed by atoms with Gasteiger partial charge >= 0.3 is 5.97 Å². The molecular weight excluding hydrogens is 144 g/mol. The molecule has 64 valence electrons. The summed E-state index contributed by atoms with van der Waals surface area (Å²) in [6.45, 7) is 2.08. The summed E-state index contributed by atoms with van der Waals surface area (Å²) >= 11 is 0. The normalized spacial score (nSPS) is 30.4. The molecule has 0 amide bonds. The molecule has 0 aromatic heterocycles. The van der Waals surface area contributed by atoms with Crippen molar-refractivity contribution in [1.29, 1.82) is 0 Å². The van der Waals surface area contributed by atoms with Crippen LogP contribution in [0.25, 0.3) is 0 Å². The SMILES string of the molecule is COC(=O)[C@@H]1CNC[C@H]1CN. The highest BCUT2D eigenvalue weighted by Crippen LogP contribution is 2.16. The van der Waals surface area contributed by atoms with Gasteiger partial charge in [-0.25, -0.2) is 0 Å². The van der Waals surface area contributed by atoms with Crippen LogP contribution in [0.5, 0.6) is 0 Å². The Morgan fingerprint density at radius 2 is 2.45 bits per heavy atom. The van der Waals surface area contributed by atoms with Gasteiger partial charge in [-0.2, -0.15) is 0 Å². The summed E-state index contributed by atoms with van der Waals surface area (Å²) in [6.07, 6.45) is 0. The van der Waals surface area contributed by atoms with Gasteiger partial charge in [0.1, 0.15) is 0 Å². The van der Waals surface area contributed by atoms with E-state index in [1.165, 1.54) is 7.11 Å². The van der Waals surface area contributed by atoms with Gasteiger partial charge in [-0.15, -0.1) is 0 Å². The summed E-state index contributed by atoms with van der Waals surface area (Å²) in [5, 5.41) is 3.11. The van der Waals surface area contributed by atoms with Crippen LogP contribution in [0.15, 0.2) is 0 Å². The van der Waals surface area contributed by atoms with E-state index in [0.29, 0.717) is 13.1 Å². The highest BCUT2D eigenvalue weighted by Gasteiger charge is 2.32. The number of esters is 1. The van der Waals surface area contributed by atoms with Crippen LogP contribution in [0.1, 0.15) is 0 Å². The highest BCUT2D eigenvalue weighted by atomic mass is 16.5. The van der Waals surface area contributed by atoms with E-state index < -0.39 is 0 Å². The maximum absolute atomic E-state index is 11.1. The first-order valence-corrected chi connectivity index (χ1v) is 3.78. The molecule has 0 saturated carbocycles. The first-order valence-electron chi connectivity index (χ1n) is 3.78. The van der Waals surface area contributed by atoms with Gasteiger partial charge in [0.25, 0.3) is 0 Å². The Labute approximate surface area is 66.1 Å². The van der Waals surface area contributed by atoms with Gasteiger partial charge in [-0.3, -0.25) is 4.79 Å². The molecule has 1 saturated heterocycles. The monoisotopic (exact) mass is 158 g/mol. The number of carbonyl (C=O) groups excluding carboxylic acids is 1. The van der Waals surface area contributed by atoms with E-state index in [9.17, 15) is 4.79 Å². The molecule has 0 radical (unpaired) electrons. The largest absolute Gasteiger partial charge is 0.469 e. The average molecular weight is 158 g/mol. The Kier molecular flexibility index (Phi) is 2.84. The molecule has 1 fully saturated rings. The summed E-state index contributed by atoms with van der Waals surface area (Å²) < 4.78 is 4.63. The molecule has 0 spiro atoms. The summed E-state index contributed by atoms with van der Waals surface area (Å²) in [5.74, 6) is 0.0675. The van der Waals surface area contributed by atoms with Crippen LogP contribution in [0.3, 0.4) is 0 Å². The lowest BCUT2D eigenvalue weighted by Gasteiger charge is -2.12. The smallest absolute Gasteiger partial charge is 0.310 e. The Hall–Kier alpha value is -0.610. The average Bonchev–Trinajstić information content (AvgIpc) is 2.50. The van der Waals surface area contributed by atoms with Gasteiger partial charge in [0.05, 0.1) is 13.0 Å². The van der Waals surface area contributed by atoms with Crippen molar-refractivity contribution < 1.29 is 9.53 Å². The molecule has 0 aliphatic carbocycles. The number of ether oxygens (including phenoxy) is 1. The van der Waals surface area contributed by atoms with Crippen molar-refractivity contribution in [3.8, 4) is 0 Å². The van der Waals surface area contributed by atoms with E-state index in [1.807, 2.05) is 0 Å². The lowest BCUT2D eigenvalue weighted by molar-refractivity contribution is -0.145. The van der Waals surface area contributed by atoms with E-state index in [4.69, 9.17) is 5.73 Å². The topological polar surface area (TPSA) is 64.3 Å². The number of hydrogen-bond donors (Lipinski definition) is 2. The molecule has 2 atom stereocenters. The Bertz CT molecular complexity index is 149. The molecule has 0 unspecified atom stereocenters. The molecule has 1 aliphatic rings. The molecule has 11 heavy (non-hydrogen) atoms. The molecular formula is C7H14N2O2. The van der Waals surface area contributed by atoms with Gasteiger partial charge in [0.15, 0.2) is 0 Å². The van der Waals surface area contributed by atoms with Gasteiger partial charge in [-0.1, -0.05) is 0 Å². The summed E-state index contributed by atoms with van der Waals surface area (Å²) in [7, 11) is 1.41. The summed E-state index contributed by atoms with van der Waals surface area (Å²) in [6, 6.07) is 0. The third-order valence-corrected chi connectivity index (χ3v) is 2.15. The first-order chi connectivity index (χ1) is 5.29. The lowest BCUT2D eigenvalue weighted by atomic mass is 9.97. The standard InChI is InChI=1S/C7H14N2O2/c1-11-7(10)6-4-9-3-5(6)2-8/h5-6,9H,2-4,8H2,1H3/t5-,6-/m1/s1. The lowest BCUT2D eigenvalue weighted by Crippen LogP contribution is -2.28. The van der Waals surface area contributed by atoms with Crippen LogP contribution in [-0.2, 0) is 9.53 Å². The van der Waals surface area contributed by atoms with Crippen molar-refractivity contribution in [1.82, 2.24) is 5.32 Å².